The van der Waals surface area contributed by atoms with Gasteiger partial charge in [0.1, 0.15) is 0 Å². The summed E-state index contributed by atoms with van der Waals surface area (Å²) in [5.41, 5.74) is 5.17. The van der Waals surface area contributed by atoms with E-state index in [0.717, 1.165) is 42.9 Å². The highest BCUT2D eigenvalue weighted by Crippen LogP contribution is 2.70. The van der Waals surface area contributed by atoms with E-state index in [2.05, 4.69) is 34.6 Å². The lowest BCUT2D eigenvalue weighted by atomic mass is 9.43. The summed E-state index contributed by atoms with van der Waals surface area (Å²) in [7, 11) is 0. The highest BCUT2D eigenvalue weighted by molar-refractivity contribution is 8.14. The van der Waals surface area contributed by atoms with E-state index in [-0.39, 0.29) is 15.8 Å². The minimum atomic E-state index is -0.932. The first-order valence-corrected chi connectivity index (χ1v) is 14.7. The Bertz CT molecular complexity index is 731. The molecule has 4 aliphatic rings. The molecule has 4 rings (SSSR count). The van der Waals surface area contributed by atoms with Crippen LogP contribution in [-0.2, 0) is 0 Å². The van der Waals surface area contributed by atoms with Crippen molar-refractivity contribution in [3.8, 4) is 0 Å². The Balaban J connectivity index is 1.58. The molecule has 33 heavy (non-hydrogen) atoms. The van der Waals surface area contributed by atoms with Crippen LogP contribution in [0.15, 0.2) is 0 Å². The van der Waals surface area contributed by atoms with Crippen molar-refractivity contribution < 1.29 is 10.2 Å². The van der Waals surface area contributed by atoms with Crippen LogP contribution >= 0.6 is 11.8 Å². The van der Waals surface area contributed by atoms with E-state index < -0.39 is 11.7 Å². The van der Waals surface area contributed by atoms with Crippen molar-refractivity contribution in [3.63, 3.8) is 0 Å². The fourth-order valence-corrected chi connectivity index (χ4v) is 10.7. The third-order valence-electron chi connectivity index (χ3n) is 11.3. The van der Waals surface area contributed by atoms with E-state index in [1.54, 1.807) is 0 Å². The van der Waals surface area contributed by atoms with E-state index in [9.17, 15) is 10.2 Å². The SMILES string of the molecule is CC(C)CCC[C@H](C)[C@H]1CC[C@H]2[C@@H]3C[C@H](SC(=N)N)[C@@]4(O)C[C@@H](O)CC[C@]4(C)[C@H]3CC[C@]12C. The highest BCUT2D eigenvalue weighted by Gasteiger charge is 2.67. The van der Waals surface area contributed by atoms with Crippen LogP contribution in [0.3, 0.4) is 0 Å². The second kappa shape index (κ2) is 9.32. The fourth-order valence-electron chi connectivity index (χ4n) is 9.56. The van der Waals surface area contributed by atoms with E-state index in [1.165, 1.54) is 56.7 Å². The van der Waals surface area contributed by atoms with Gasteiger partial charge in [0, 0.05) is 17.1 Å². The molecule has 0 aliphatic heterocycles. The van der Waals surface area contributed by atoms with Crippen LogP contribution in [0, 0.1) is 51.7 Å². The number of nitrogens with one attached hydrogen (secondary N) is 1. The third kappa shape index (κ3) is 4.31. The van der Waals surface area contributed by atoms with Crippen molar-refractivity contribution in [3.05, 3.63) is 0 Å². The Hall–Kier alpha value is -0.260. The first kappa shape index (κ1) is 25.8. The number of hydrogen-bond donors (Lipinski definition) is 4. The molecule has 190 valence electrons. The molecule has 10 atom stereocenters. The lowest BCUT2D eigenvalue weighted by Crippen LogP contribution is -2.68. The Morgan fingerprint density at radius 1 is 1.06 bits per heavy atom. The number of aliphatic hydroxyl groups excluding tert-OH is 1. The topological polar surface area (TPSA) is 90.3 Å². The molecule has 5 N–H and O–H groups in total. The van der Waals surface area contributed by atoms with Crippen LogP contribution in [0.25, 0.3) is 0 Å². The molecule has 0 heterocycles. The summed E-state index contributed by atoms with van der Waals surface area (Å²) in [6, 6.07) is 0. The maximum atomic E-state index is 12.1. The molecule has 4 nitrogen and oxygen atoms in total. The average molecular weight is 479 g/mol. The number of hydrogen-bond acceptors (Lipinski definition) is 4. The number of fused-ring (bicyclic) bond motifs is 5. The van der Waals surface area contributed by atoms with Crippen molar-refractivity contribution >= 4 is 16.9 Å². The molecule has 0 saturated heterocycles. The molecule has 0 amide bonds. The van der Waals surface area contributed by atoms with Gasteiger partial charge >= 0.3 is 0 Å². The first-order chi connectivity index (χ1) is 15.4. The van der Waals surface area contributed by atoms with Crippen LogP contribution in [0.4, 0.5) is 0 Å². The summed E-state index contributed by atoms with van der Waals surface area (Å²) >= 11 is 1.37. The van der Waals surface area contributed by atoms with Crippen molar-refractivity contribution in [2.75, 3.05) is 0 Å². The van der Waals surface area contributed by atoms with Gasteiger partial charge < -0.3 is 15.9 Å². The predicted molar refractivity (Wildman–Crippen MR) is 139 cm³/mol. The number of aliphatic hydroxyl groups is 2. The Kier molecular flexibility index (Phi) is 7.29. The van der Waals surface area contributed by atoms with Crippen molar-refractivity contribution in [2.45, 2.75) is 122 Å². The lowest BCUT2D eigenvalue weighted by Gasteiger charge is -2.66. The van der Waals surface area contributed by atoms with Gasteiger partial charge in [-0.3, -0.25) is 5.41 Å². The normalized spacial score (nSPS) is 48.1. The van der Waals surface area contributed by atoms with E-state index in [1.807, 2.05) is 0 Å². The standard InChI is InChI=1S/C28H50N2O2S/c1-17(2)7-6-8-18(3)21-9-10-22-20-15-24(33-25(29)30)28(32)16-19(31)11-14-27(28,5)23(20)12-13-26(21,22)4/h17-24,31-32H,6-16H2,1-5H3,(H3,29,30)/t18-,19-,20-,21+,22-,23-,24-,26+,27+,28-/m0/s1. The zero-order chi connectivity index (χ0) is 24.2. The van der Waals surface area contributed by atoms with E-state index >= 15 is 0 Å². The summed E-state index contributed by atoms with van der Waals surface area (Å²) in [5, 5.41) is 30.7. The Morgan fingerprint density at radius 2 is 1.79 bits per heavy atom. The Morgan fingerprint density at radius 3 is 2.45 bits per heavy atom. The van der Waals surface area contributed by atoms with Gasteiger partial charge in [0.25, 0.3) is 0 Å². The van der Waals surface area contributed by atoms with Gasteiger partial charge in [-0.05, 0) is 85.9 Å². The number of amidine groups is 1. The highest BCUT2D eigenvalue weighted by atomic mass is 32.2. The first-order valence-electron chi connectivity index (χ1n) is 13.8. The monoisotopic (exact) mass is 478 g/mol. The van der Waals surface area contributed by atoms with E-state index in [4.69, 9.17) is 11.1 Å². The van der Waals surface area contributed by atoms with Gasteiger partial charge in [-0.25, -0.2) is 0 Å². The zero-order valence-electron chi connectivity index (χ0n) is 21.8. The molecule has 0 spiro atoms. The second-order valence-electron chi connectivity index (χ2n) is 13.4. The smallest absolute Gasteiger partial charge is 0.151 e. The third-order valence-corrected chi connectivity index (χ3v) is 12.4. The average Bonchev–Trinajstić information content (AvgIpc) is 3.07. The lowest BCUT2D eigenvalue weighted by molar-refractivity contribution is -0.216. The molecule has 5 heteroatoms. The quantitative estimate of drug-likeness (QED) is 0.271. The Labute approximate surface area is 206 Å². The van der Waals surface area contributed by atoms with Crippen LogP contribution in [0.2, 0.25) is 0 Å². The van der Waals surface area contributed by atoms with Crippen LogP contribution in [-0.4, -0.2) is 32.3 Å². The molecule has 0 radical (unpaired) electrons. The predicted octanol–water partition coefficient (Wildman–Crippen LogP) is 6.19. The molecule has 0 aromatic rings. The minimum absolute atomic E-state index is 0.0823. The molecule has 4 aliphatic carbocycles. The van der Waals surface area contributed by atoms with Gasteiger partial charge in [-0.1, -0.05) is 65.6 Å². The second-order valence-corrected chi connectivity index (χ2v) is 14.6. The van der Waals surface area contributed by atoms with Crippen LogP contribution < -0.4 is 5.73 Å². The van der Waals surface area contributed by atoms with Gasteiger partial charge in [0.2, 0.25) is 0 Å². The summed E-state index contributed by atoms with van der Waals surface area (Å²) in [5.74, 6) is 4.25. The summed E-state index contributed by atoms with van der Waals surface area (Å²) in [6.45, 7) is 12.1. The molecule has 0 unspecified atom stereocenters. The van der Waals surface area contributed by atoms with Crippen LogP contribution in [0.1, 0.15) is 105 Å². The largest absolute Gasteiger partial charge is 0.393 e. The van der Waals surface area contributed by atoms with Crippen molar-refractivity contribution in [1.29, 1.82) is 5.41 Å². The molecule has 0 aromatic carbocycles. The molecule has 0 aromatic heterocycles. The van der Waals surface area contributed by atoms with Crippen molar-refractivity contribution in [1.82, 2.24) is 0 Å². The molecule has 0 bridgehead atoms. The summed E-state index contributed by atoms with van der Waals surface area (Å²) < 4.78 is 0. The molecule has 4 fully saturated rings. The summed E-state index contributed by atoms with van der Waals surface area (Å²) in [4.78, 5) is 0. The number of rotatable bonds is 6. The van der Waals surface area contributed by atoms with Crippen LogP contribution in [0.5, 0.6) is 0 Å². The minimum Gasteiger partial charge on any atom is -0.393 e. The maximum Gasteiger partial charge on any atom is 0.151 e. The van der Waals surface area contributed by atoms with Gasteiger partial charge in [0.05, 0.1) is 11.7 Å². The molecule has 4 saturated carbocycles. The van der Waals surface area contributed by atoms with Gasteiger partial charge in [-0.2, -0.15) is 0 Å². The van der Waals surface area contributed by atoms with Crippen molar-refractivity contribution in [2.24, 2.45) is 52.1 Å². The number of nitrogens with two attached hydrogens (primary N) is 1. The zero-order valence-corrected chi connectivity index (χ0v) is 22.6. The van der Waals surface area contributed by atoms with E-state index in [0.29, 0.717) is 23.7 Å². The van der Waals surface area contributed by atoms with Gasteiger partial charge in [0.15, 0.2) is 5.17 Å². The number of thioether (sulfide) groups is 1. The molecular formula is C28H50N2O2S. The summed E-state index contributed by atoms with van der Waals surface area (Å²) in [6.07, 6.45) is 11.9. The fraction of sp³-hybridized carbons (Fsp3) is 0.964. The van der Waals surface area contributed by atoms with Gasteiger partial charge in [-0.15, -0.1) is 0 Å². The molecular weight excluding hydrogens is 428 g/mol. The maximum absolute atomic E-state index is 12.1.